The largest absolute Gasteiger partial charge is 0.0934 e. The van der Waals surface area contributed by atoms with Gasteiger partial charge in [-0.05, 0) is 23.8 Å². The van der Waals surface area contributed by atoms with E-state index in [0.717, 1.165) is 6.42 Å². The highest BCUT2D eigenvalue weighted by Gasteiger charge is 2.25. The molecule has 0 spiro atoms. The van der Waals surface area contributed by atoms with E-state index in [1.165, 1.54) is 51.4 Å². The van der Waals surface area contributed by atoms with Crippen LogP contribution in [-0.4, -0.2) is 6.54 Å². The van der Waals surface area contributed by atoms with Crippen LogP contribution in [0.15, 0.2) is 5.11 Å². The third-order valence-electron chi connectivity index (χ3n) is 3.81. The van der Waals surface area contributed by atoms with Crippen molar-refractivity contribution in [1.29, 1.82) is 0 Å². The molecule has 0 aromatic carbocycles. The van der Waals surface area contributed by atoms with Crippen molar-refractivity contribution in [3.8, 4) is 0 Å². The zero-order chi connectivity index (χ0) is 13.0. The SMILES string of the molecule is CCCCCCCC(CC)(CCC)CN=[N+]=[N-]. The van der Waals surface area contributed by atoms with Crippen molar-refractivity contribution in [3.63, 3.8) is 0 Å². The predicted molar refractivity (Wildman–Crippen MR) is 75.0 cm³/mol. The summed E-state index contributed by atoms with van der Waals surface area (Å²) in [5.74, 6) is 0. The zero-order valence-electron chi connectivity index (χ0n) is 11.9. The van der Waals surface area contributed by atoms with Gasteiger partial charge < -0.3 is 0 Å². The van der Waals surface area contributed by atoms with Gasteiger partial charge in [0.05, 0.1) is 0 Å². The second kappa shape index (κ2) is 10.5. The fourth-order valence-corrected chi connectivity index (χ4v) is 2.56. The number of hydrogen-bond donors (Lipinski definition) is 0. The first-order valence-corrected chi connectivity index (χ1v) is 7.25. The Morgan fingerprint density at radius 2 is 1.65 bits per heavy atom. The van der Waals surface area contributed by atoms with Crippen LogP contribution in [-0.2, 0) is 0 Å². The monoisotopic (exact) mass is 239 g/mol. The lowest BCUT2D eigenvalue weighted by atomic mass is 9.76. The van der Waals surface area contributed by atoms with E-state index in [2.05, 4.69) is 30.8 Å². The lowest BCUT2D eigenvalue weighted by Crippen LogP contribution is -2.23. The Bertz CT molecular complexity index is 222. The smallest absolute Gasteiger partial charge is 0.0314 e. The molecule has 0 radical (unpaired) electrons. The lowest BCUT2D eigenvalue weighted by Gasteiger charge is -2.31. The summed E-state index contributed by atoms with van der Waals surface area (Å²) in [6.45, 7) is 7.38. The summed E-state index contributed by atoms with van der Waals surface area (Å²) in [5.41, 5.74) is 8.76. The molecule has 17 heavy (non-hydrogen) atoms. The van der Waals surface area contributed by atoms with Crippen molar-refractivity contribution < 1.29 is 0 Å². The molecule has 0 fully saturated rings. The molecule has 3 nitrogen and oxygen atoms in total. The Hall–Kier alpha value is -0.690. The van der Waals surface area contributed by atoms with Crippen LogP contribution in [0.1, 0.15) is 78.6 Å². The average molecular weight is 239 g/mol. The number of nitrogens with zero attached hydrogens (tertiary/aromatic N) is 3. The lowest BCUT2D eigenvalue weighted by molar-refractivity contribution is 0.228. The van der Waals surface area contributed by atoms with Crippen LogP contribution < -0.4 is 0 Å². The fourth-order valence-electron chi connectivity index (χ4n) is 2.56. The van der Waals surface area contributed by atoms with E-state index in [4.69, 9.17) is 5.53 Å². The Labute approximate surface area is 107 Å². The van der Waals surface area contributed by atoms with E-state index in [1.54, 1.807) is 0 Å². The Morgan fingerprint density at radius 3 is 2.18 bits per heavy atom. The van der Waals surface area contributed by atoms with Crippen molar-refractivity contribution >= 4 is 0 Å². The van der Waals surface area contributed by atoms with Crippen LogP contribution in [0.4, 0.5) is 0 Å². The number of unbranched alkanes of at least 4 members (excludes halogenated alkanes) is 4. The van der Waals surface area contributed by atoms with E-state index < -0.39 is 0 Å². The molecule has 1 unspecified atom stereocenters. The van der Waals surface area contributed by atoms with Gasteiger partial charge in [-0.2, -0.15) is 0 Å². The number of hydrogen-bond acceptors (Lipinski definition) is 1. The zero-order valence-corrected chi connectivity index (χ0v) is 11.9. The molecule has 0 aliphatic heterocycles. The third kappa shape index (κ3) is 7.27. The van der Waals surface area contributed by atoms with E-state index >= 15 is 0 Å². The molecule has 100 valence electrons. The minimum Gasteiger partial charge on any atom is -0.0934 e. The molecule has 0 amide bonds. The molecular weight excluding hydrogens is 210 g/mol. The van der Waals surface area contributed by atoms with Crippen LogP contribution in [0, 0.1) is 5.41 Å². The van der Waals surface area contributed by atoms with Crippen molar-refractivity contribution in [2.75, 3.05) is 6.54 Å². The first-order valence-electron chi connectivity index (χ1n) is 7.25. The maximum absolute atomic E-state index is 8.49. The molecule has 0 saturated heterocycles. The quantitative estimate of drug-likeness (QED) is 0.188. The van der Waals surface area contributed by atoms with Crippen LogP contribution in [0.2, 0.25) is 0 Å². The van der Waals surface area contributed by atoms with Gasteiger partial charge in [0.25, 0.3) is 0 Å². The van der Waals surface area contributed by atoms with Crippen molar-refractivity contribution in [3.05, 3.63) is 10.4 Å². The minimum absolute atomic E-state index is 0.271. The van der Waals surface area contributed by atoms with Crippen LogP contribution >= 0.6 is 0 Å². The summed E-state index contributed by atoms with van der Waals surface area (Å²) in [6.07, 6.45) is 11.3. The first-order chi connectivity index (χ1) is 8.24. The maximum Gasteiger partial charge on any atom is 0.0314 e. The van der Waals surface area contributed by atoms with Crippen molar-refractivity contribution in [2.24, 2.45) is 10.5 Å². The molecule has 1 atom stereocenters. The molecule has 0 bridgehead atoms. The highest BCUT2D eigenvalue weighted by Crippen LogP contribution is 2.34. The molecule has 3 heteroatoms. The predicted octanol–water partition coefficient (Wildman–Crippen LogP) is 5.85. The van der Waals surface area contributed by atoms with Gasteiger partial charge in [0.15, 0.2) is 0 Å². The van der Waals surface area contributed by atoms with Gasteiger partial charge in [-0.15, -0.1) is 0 Å². The summed E-state index contributed by atoms with van der Waals surface area (Å²) in [6, 6.07) is 0. The van der Waals surface area contributed by atoms with Crippen LogP contribution in [0.5, 0.6) is 0 Å². The van der Waals surface area contributed by atoms with Gasteiger partial charge in [0.1, 0.15) is 0 Å². The summed E-state index contributed by atoms with van der Waals surface area (Å²) in [4.78, 5) is 2.93. The van der Waals surface area contributed by atoms with Crippen molar-refractivity contribution in [1.82, 2.24) is 0 Å². The second-order valence-electron chi connectivity index (χ2n) is 5.16. The summed E-state index contributed by atoms with van der Waals surface area (Å²) >= 11 is 0. The maximum atomic E-state index is 8.49. The van der Waals surface area contributed by atoms with Gasteiger partial charge in [-0.3, -0.25) is 0 Å². The summed E-state index contributed by atoms with van der Waals surface area (Å²) in [5, 5.41) is 3.83. The normalized spacial score (nSPS) is 14.1. The first kappa shape index (κ1) is 16.3. The molecule has 0 aliphatic rings. The van der Waals surface area contributed by atoms with Crippen LogP contribution in [0.25, 0.3) is 10.4 Å². The molecular formula is C14H29N3. The molecule has 0 aliphatic carbocycles. The summed E-state index contributed by atoms with van der Waals surface area (Å²) in [7, 11) is 0. The summed E-state index contributed by atoms with van der Waals surface area (Å²) < 4.78 is 0. The molecule has 0 aromatic heterocycles. The molecule has 0 aromatic rings. The Morgan fingerprint density at radius 1 is 0.941 bits per heavy atom. The molecule has 0 saturated carbocycles. The molecule has 0 heterocycles. The highest BCUT2D eigenvalue weighted by molar-refractivity contribution is 4.80. The van der Waals surface area contributed by atoms with Gasteiger partial charge in [0, 0.05) is 11.5 Å². The fraction of sp³-hybridized carbons (Fsp3) is 1.00. The van der Waals surface area contributed by atoms with E-state index in [1.807, 2.05) is 0 Å². The topological polar surface area (TPSA) is 48.8 Å². The molecule has 0 rings (SSSR count). The molecule has 0 N–H and O–H groups in total. The minimum atomic E-state index is 0.271. The van der Waals surface area contributed by atoms with Gasteiger partial charge in [-0.1, -0.05) is 70.8 Å². The van der Waals surface area contributed by atoms with Gasteiger partial charge in [0.2, 0.25) is 0 Å². The average Bonchev–Trinajstić information content (AvgIpc) is 2.35. The van der Waals surface area contributed by atoms with Gasteiger partial charge >= 0.3 is 0 Å². The van der Waals surface area contributed by atoms with E-state index in [-0.39, 0.29) is 5.41 Å². The van der Waals surface area contributed by atoms with Gasteiger partial charge in [-0.25, -0.2) is 0 Å². The second-order valence-corrected chi connectivity index (χ2v) is 5.16. The van der Waals surface area contributed by atoms with Crippen molar-refractivity contribution in [2.45, 2.75) is 78.6 Å². The highest BCUT2D eigenvalue weighted by atomic mass is 15.1. The van der Waals surface area contributed by atoms with E-state index in [9.17, 15) is 0 Å². The van der Waals surface area contributed by atoms with Crippen LogP contribution in [0.3, 0.4) is 0 Å². The Kier molecular flexibility index (Phi) is 10.0. The Balaban J connectivity index is 4.11. The standard InChI is InChI=1S/C14H29N3/c1-4-7-8-9-10-12-14(6-3,11-5-2)13-16-17-15/h4-13H2,1-3H3. The third-order valence-corrected chi connectivity index (χ3v) is 3.81. The van der Waals surface area contributed by atoms with E-state index in [0.29, 0.717) is 6.54 Å². The number of azide groups is 1. The number of rotatable bonds is 11.